The first kappa shape index (κ1) is 10.3. The maximum atomic E-state index is 5.43. The van der Waals surface area contributed by atoms with Crippen LogP contribution in [0.2, 0.25) is 0 Å². The van der Waals surface area contributed by atoms with Crippen LogP contribution < -0.4 is 5.32 Å². The van der Waals surface area contributed by atoms with Crippen molar-refractivity contribution in [2.75, 3.05) is 13.2 Å². The smallest absolute Gasteiger partial charge is 0.0495 e. The predicted molar refractivity (Wildman–Crippen MR) is 64.2 cm³/mol. The Morgan fingerprint density at radius 2 is 2.31 bits per heavy atom. The third-order valence-corrected chi connectivity index (χ3v) is 3.83. The van der Waals surface area contributed by atoms with Crippen LogP contribution in [0.15, 0.2) is 18.2 Å². The zero-order valence-electron chi connectivity index (χ0n) is 9.67. The maximum Gasteiger partial charge on any atom is 0.0495 e. The van der Waals surface area contributed by atoms with Crippen LogP contribution in [-0.2, 0) is 24.2 Å². The van der Waals surface area contributed by atoms with Crippen molar-refractivity contribution in [2.45, 2.75) is 32.4 Å². The minimum absolute atomic E-state index is 0.796. The molecule has 2 heteroatoms. The standard InChI is InChI=1S/C14H19NO/c1-2-12(5-4-11-6-7-16-10-11)14-9-15-8-13(14)3-1/h1-3,11,15H,4-10H2/t11-/m1/s1. The number of nitrogens with one attached hydrogen (secondary N) is 1. The van der Waals surface area contributed by atoms with Gasteiger partial charge in [0.2, 0.25) is 0 Å². The van der Waals surface area contributed by atoms with Crippen molar-refractivity contribution in [3.63, 3.8) is 0 Å². The Balaban J connectivity index is 1.67. The van der Waals surface area contributed by atoms with E-state index in [0.29, 0.717) is 0 Å². The molecule has 1 fully saturated rings. The third-order valence-electron chi connectivity index (χ3n) is 3.83. The van der Waals surface area contributed by atoms with E-state index in [2.05, 4.69) is 23.5 Å². The van der Waals surface area contributed by atoms with Crippen LogP contribution in [-0.4, -0.2) is 13.2 Å². The summed E-state index contributed by atoms with van der Waals surface area (Å²) in [5.74, 6) is 0.796. The minimum atomic E-state index is 0.796. The molecule has 0 spiro atoms. The molecular weight excluding hydrogens is 198 g/mol. The van der Waals surface area contributed by atoms with E-state index in [1.54, 1.807) is 11.1 Å². The largest absolute Gasteiger partial charge is 0.381 e. The average Bonchev–Trinajstić information content (AvgIpc) is 2.97. The van der Waals surface area contributed by atoms with Gasteiger partial charge in [-0.25, -0.2) is 0 Å². The molecule has 0 aliphatic carbocycles. The minimum Gasteiger partial charge on any atom is -0.381 e. The van der Waals surface area contributed by atoms with E-state index in [1.165, 1.54) is 24.8 Å². The second kappa shape index (κ2) is 4.56. The molecule has 3 rings (SSSR count). The molecule has 1 saturated heterocycles. The lowest BCUT2D eigenvalue weighted by Crippen LogP contribution is -2.04. The number of hydrogen-bond donors (Lipinski definition) is 1. The first-order chi connectivity index (χ1) is 7.93. The molecule has 2 aliphatic rings. The van der Waals surface area contributed by atoms with E-state index in [-0.39, 0.29) is 0 Å². The molecule has 86 valence electrons. The Hall–Kier alpha value is -0.860. The molecule has 0 bridgehead atoms. The second-order valence-electron chi connectivity index (χ2n) is 4.93. The van der Waals surface area contributed by atoms with E-state index in [4.69, 9.17) is 4.74 Å². The van der Waals surface area contributed by atoms with Crippen LogP contribution in [0.5, 0.6) is 0 Å². The summed E-state index contributed by atoms with van der Waals surface area (Å²) in [5.41, 5.74) is 4.61. The number of hydrogen-bond acceptors (Lipinski definition) is 2. The van der Waals surface area contributed by atoms with Gasteiger partial charge in [0.15, 0.2) is 0 Å². The quantitative estimate of drug-likeness (QED) is 0.838. The highest BCUT2D eigenvalue weighted by Crippen LogP contribution is 2.24. The molecule has 2 heterocycles. The summed E-state index contributed by atoms with van der Waals surface area (Å²) in [4.78, 5) is 0. The number of ether oxygens (including phenoxy) is 1. The highest BCUT2D eigenvalue weighted by Gasteiger charge is 2.18. The molecule has 0 radical (unpaired) electrons. The van der Waals surface area contributed by atoms with E-state index in [0.717, 1.165) is 32.2 Å². The third kappa shape index (κ3) is 2.00. The summed E-state index contributed by atoms with van der Waals surface area (Å²) in [6, 6.07) is 6.74. The summed E-state index contributed by atoms with van der Waals surface area (Å²) >= 11 is 0. The second-order valence-corrected chi connectivity index (χ2v) is 4.93. The van der Waals surface area contributed by atoms with Crippen LogP contribution in [0.25, 0.3) is 0 Å². The first-order valence-electron chi connectivity index (χ1n) is 6.31. The summed E-state index contributed by atoms with van der Waals surface area (Å²) < 4.78 is 5.43. The Kier molecular flexibility index (Phi) is 2.94. The van der Waals surface area contributed by atoms with Gasteiger partial charge in [-0.1, -0.05) is 18.2 Å². The lowest BCUT2D eigenvalue weighted by atomic mass is 9.95. The molecule has 0 unspecified atom stereocenters. The molecule has 1 atom stereocenters. The fraction of sp³-hybridized carbons (Fsp3) is 0.571. The van der Waals surface area contributed by atoms with Gasteiger partial charge in [-0.05, 0) is 41.9 Å². The first-order valence-corrected chi connectivity index (χ1v) is 6.31. The maximum absolute atomic E-state index is 5.43. The zero-order chi connectivity index (χ0) is 10.8. The van der Waals surface area contributed by atoms with Crippen molar-refractivity contribution in [2.24, 2.45) is 5.92 Å². The van der Waals surface area contributed by atoms with Gasteiger partial charge in [0, 0.05) is 26.3 Å². The van der Waals surface area contributed by atoms with Gasteiger partial charge in [-0.15, -0.1) is 0 Å². The molecule has 1 aromatic rings. The SMILES string of the molecule is c1cc(CC[C@@H]2CCOC2)c2c(c1)CNC2. The van der Waals surface area contributed by atoms with Crippen molar-refractivity contribution in [1.29, 1.82) is 0 Å². The Bertz CT molecular complexity index is 369. The molecular formula is C14H19NO. The van der Waals surface area contributed by atoms with E-state index >= 15 is 0 Å². The van der Waals surface area contributed by atoms with E-state index in [9.17, 15) is 0 Å². The summed E-state index contributed by atoms with van der Waals surface area (Å²) in [5, 5.41) is 3.43. The van der Waals surface area contributed by atoms with Crippen molar-refractivity contribution in [1.82, 2.24) is 5.32 Å². The summed E-state index contributed by atoms with van der Waals surface area (Å²) in [6.45, 7) is 4.06. The molecule has 0 amide bonds. The summed E-state index contributed by atoms with van der Waals surface area (Å²) in [7, 11) is 0. The molecule has 2 nitrogen and oxygen atoms in total. The van der Waals surface area contributed by atoms with E-state index < -0.39 is 0 Å². The van der Waals surface area contributed by atoms with Crippen molar-refractivity contribution < 1.29 is 4.74 Å². The fourth-order valence-corrected chi connectivity index (χ4v) is 2.81. The van der Waals surface area contributed by atoms with E-state index in [1.807, 2.05) is 0 Å². The highest BCUT2D eigenvalue weighted by atomic mass is 16.5. The molecule has 0 saturated carbocycles. The van der Waals surface area contributed by atoms with Gasteiger partial charge in [0.1, 0.15) is 0 Å². The number of benzene rings is 1. The highest BCUT2D eigenvalue weighted by molar-refractivity contribution is 5.37. The topological polar surface area (TPSA) is 21.3 Å². The van der Waals surface area contributed by atoms with Crippen LogP contribution in [0.4, 0.5) is 0 Å². The fourth-order valence-electron chi connectivity index (χ4n) is 2.81. The van der Waals surface area contributed by atoms with Crippen LogP contribution >= 0.6 is 0 Å². The van der Waals surface area contributed by atoms with Gasteiger partial charge >= 0.3 is 0 Å². The molecule has 2 aliphatic heterocycles. The van der Waals surface area contributed by atoms with Crippen molar-refractivity contribution >= 4 is 0 Å². The Morgan fingerprint density at radius 1 is 1.31 bits per heavy atom. The van der Waals surface area contributed by atoms with Gasteiger partial charge in [-0.2, -0.15) is 0 Å². The Morgan fingerprint density at radius 3 is 3.19 bits per heavy atom. The van der Waals surface area contributed by atoms with Crippen LogP contribution in [0, 0.1) is 5.92 Å². The number of fused-ring (bicyclic) bond motifs is 1. The zero-order valence-corrected chi connectivity index (χ0v) is 9.67. The molecule has 0 aromatic heterocycles. The van der Waals surface area contributed by atoms with Gasteiger partial charge in [0.25, 0.3) is 0 Å². The van der Waals surface area contributed by atoms with Crippen LogP contribution in [0.1, 0.15) is 29.5 Å². The van der Waals surface area contributed by atoms with Gasteiger partial charge < -0.3 is 10.1 Å². The number of aryl methyl sites for hydroxylation is 1. The lowest BCUT2D eigenvalue weighted by molar-refractivity contribution is 0.184. The monoisotopic (exact) mass is 217 g/mol. The molecule has 1 N–H and O–H groups in total. The lowest BCUT2D eigenvalue weighted by Gasteiger charge is -2.10. The van der Waals surface area contributed by atoms with Crippen molar-refractivity contribution in [3.8, 4) is 0 Å². The average molecular weight is 217 g/mol. The number of rotatable bonds is 3. The van der Waals surface area contributed by atoms with Crippen molar-refractivity contribution in [3.05, 3.63) is 34.9 Å². The van der Waals surface area contributed by atoms with Crippen LogP contribution in [0.3, 0.4) is 0 Å². The Labute approximate surface area is 97.0 Å². The van der Waals surface area contributed by atoms with Gasteiger partial charge in [0.05, 0.1) is 0 Å². The summed E-state index contributed by atoms with van der Waals surface area (Å²) in [6.07, 6.45) is 3.77. The van der Waals surface area contributed by atoms with Gasteiger partial charge in [-0.3, -0.25) is 0 Å². The normalized spacial score (nSPS) is 23.6. The molecule has 16 heavy (non-hydrogen) atoms. The molecule has 1 aromatic carbocycles. The predicted octanol–water partition coefficient (Wildman–Crippen LogP) is 2.26.